The third-order valence-electron chi connectivity index (χ3n) is 7.38. The summed E-state index contributed by atoms with van der Waals surface area (Å²) in [5.41, 5.74) is 15.9. The molecule has 3 aromatic heterocycles. The lowest BCUT2D eigenvalue weighted by Crippen LogP contribution is -2.35. The van der Waals surface area contributed by atoms with E-state index in [0.717, 1.165) is 88.3 Å². The van der Waals surface area contributed by atoms with Gasteiger partial charge in [0.15, 0.2) is 5.82 Å². The first-order chi connectivity index (χ1) is 18.7. The largest absolute Gasteiger partial charge is 0.382 e. The minimum absolute atomic E-state index is 0.496. The smallest absolute Gasteiger partial charge is 0.153 e. The molecule has 1 aliphatic heterocycles. The van der Waals surface area contributed by atoms with E-state index >= 15 is 0 Å². The van der Waals surface area contributed by atoms with E-state index < -0.39 is 0 Å². The maximum Gasteiger partial charge on any atom is 0.153 e. The zero-order valence-electron chi connectivity index (χ0n) is 20.9. The van der Waals surface area contributed by atoms with Crippen LogP contribution in [0.5, 0.6) is 0 Å². The molecule has 0 aliphatic carbocycles. The molecule has 0 radical (unpaired) electrons. The number of nitrogen functional groups attached to an aromatic ring is 1. The lowest BCUT2D eigenvalue weighted by molar-refractivity contribution is 0.0342. The Kier molecular flexibility index (Phi) is 5.65. The number of hydrogen-bond donors (Lipinski definition) is 3. The summed E-state index contributed by atoms with van der Waals surface area (Å²) in [5, 5.41) is 9.41. The van der Waals surface area contributed by atoms with Crippen molar-refractivity contribution in [1.82, 2.24) is 25.1 Å². The van der Waals surface area contributed by atoms with Gasteiger partial charge in [0.05, 0.1) is 18.7 Å². The SMILES string of the molecule is Nc1n[nH]c2c(-c3ccccc3)cc(-c3ccnc4[nH]c(-c5cccc(CN6CCOCC6)c5)cc34)cc12. The summed E-state index contributed by atoms with van der Waals surface area (Å²) in [6.45, 7) is 4.48. The highest BCUT2D eigenvalue weighted by atomic mass is 16.5. The Bertz CT molecular complexity index is 1750. The van der Waals surface area contributed by atoms with Gasteiger partial charge in [-0.05, 0) is 58.1 Å². The molecule has 4 heterocycles. The maximum absolute atomic E-state index is 6.27. The lowest BCUT2D eigenvalue weighted by Gasteiger charge is -2.26. The van der Waals surface area contributed by atoms with Crippen molar-refractivity contribution >= 4 is 27.8 Å². The molecule has 0 bridgehead atoms. The molecule has 188 valence electrons. The molecule has 0 amide bonds. The molecule has 7 rings (SSSR count). The van der Waals surface area contributed by atoms with Gasteiger partial charge in [0.1, 0.15) is 5.65 Å². The molecule has 7 nitrogen and oxygen atoms in total. The van der Waals surface area contributed by atoms with Crippen LogP contribution in [0.3, 0.4) is 0 Å². The molecule has 0 saturated carbocycles. The van der Waals surface area contributed by atoms with Crippen molar-refractivity contribution in [2.24, 2.45) is 0 Å². The Morgan fingerprint density at radius 3 is 2.53 bits per heavy atom. The van der Waals surface area contributed by atoms with Gasteiger partial charge < -0.3 is 15.5 Å². The number of rotatable bonds is 5. The van der Waals surface area contributed by atoms with E-state index in [2.05, 4.69) is 85.7 Å². The van der Waals surface area contributed by atoms with Gasteiger partial charge in [-0.3, -0.25) is 10.00 Å². The average molecular weight is 501 g/mol. The van der Waals surface area contributed by atoms with Gasteiger partial charge in [0, 0.05) is 47.9 Å². The van der Waals surface area contributed by atoms with Crippen LogP contribution in [0.4, 0.5) is 5.82 Å². The second-order valence-electron chi connectivity index (χ2n) is 9.81. The van der Waals surface area contributed by atoms with E-state index in [4.69, 9.17) is 10.5 Å². The third kappa shape index (κ3) is 4.12. The first-order valence-electron chi connectivity index (χ1n) is 12.9. The van der Waals surface area contributed by atoms with Gasteiger partial charge in [0.25, 0.3) is 0 Å². The van der Waals surface area contributed by atoms with Crippen LogP contribution in [-0.2, 0) is 11.3 Å². The van der Waals surface area contributed by atoms with Crippen LogP contribution >= 0.6 is 0 Å². The van der Waals surface area contributed by atoms with Crippen molar-refractivity contribution in [2.75, 3.05) is 32.0 Å². The number of nitrogens with zero attached hydrogens (tertiary/aromatic N) is 3. The summed E-state index contributed by atoms with van der Waals surface area (Å²) in [5.74, 6) is 0.496. The van der Waals surface area contributed by atoms with Crippen molar-refractivity contribution in [2.45, 2.75) is 6.54 Å². The van der Waals surface area contributed by atoms with E-state index in [1.165, 1.54) is 5.56 Å². The molecular formula is C31H28N6O. The zero-order chi connectivity index (χ0) is 25.5. The number of nitrogens with two attached hydrogens (primary N) is 1. The van der Waals surface area contributed by atoms with E-state index in [1.807, 2.05) is 24.4 Å². The van der Waals surface area contributed by atoms with Crippen LogP contribution in [0.25, 0.3) is 55.4 Å². The van der Waals surface area contributed by atoms with Crippen molar-refractivity contribution in [3.8, 4) is 33.5 Å². The molecule has 1 saturated heterocycles. The predicted octanol–water partition coefficient (Wildman–Crippen LogP) is 5.85. The zero-order valence-corrected chi connectivity index (χ0v) is 20.9. The average Bonchev–Trinajstić information content (AvgIpc) is 3.57. The fourth-order valence-corrected chi connectivity index (χ4v) is 5.43. The summed E-state index contributed by atoms with van der Waals surface area (Å²) in [4.78, 5) is 10.7. The van der Waals surface area contributed by atoms with Gasteiger partial charge in [-0.25, -0.2) is 4.98 Å². The molecule has 0 spiro atoms. The normalized spacial score (nSPS) is 14.4. The second-order valence-corrected chi connectivity index (χ2v) is 9.81. The predicted molar refractivity (Wildman–Crippen MR) is 153 cm³/mol. The summed E-state index contributed by atoms with van der Waals surface area (Å²) in [7, 11) is 0. The van der Waals surface area contributed by atoms with E-state index in [0.29, 0.717) is 5.82 Å². The van der Waals surface area contributed by atoms with Gasteiger partial charge in [-0.15, -0.1) is 0 Å². The number of morpholine rings is 1. The number of benzene rings is 3. The highest BCUT2D eigenvalue weighted by molar-refractivity contribution is 6.05. The summed E-state index contributed by atoms with van der Waals surface area (Å²) < 4.78 is 5.50. The Balaban J connectivity index is 1.31. The number of hydrogen-bond acceptors (Lipinski definition) is 5. The maximum atomic E-state index is 6.27. The van der Waals surface area contributed by atoms with E-state index in [-0.39, 0.29) is 0 Å². The molecule has 6 aromatic rings. The Morgan fingerprint density at radius 1 is 0.816 bits per heavy atom. The van der Waals surface area contributed by atoms with Crippen LogP contribution < -0.4 is 5.73 Å². The topological polar surface area (TPSA) is 95.8 Å². The molecular weight excluding hydrogens is 472 g/mol. The Hall–Kier alpha value is -4.46. The number of aromatic amines is 2. The van der Waals surface area contributed by atoms with Crippen molar-refractivity contribution in [3.05, 3.63) is 90.6 Å². The molecule has 4 N–H and O–H groups in total. The fraction of sp³-hybridized carbons (Fsp3) is 0.161. The van der Waals surface area contributed by atoms with Crippen molar-refractivity contribution < 1.29 is 4.74 Å². The number of H-pyrrole nitrogens is 2. The molecule has 3 aromatic carbocycles. The lowest BCUT2D eigenvalue weighted by atomic mass is 9.95. The van der Waals surface area contributed by atoms with Crippen molar-refractivity contribution in [1.29, 1.82) is 0 Å². The highest BCUT2D eigenvalue weighted by Gasteiger charge is 2.16. The molecule has 38 heavy (non-hydrogen) atoms. The van der Waals surface area contributed by atoms with Crippen LogP contribution in [0.15, 0.2) is 85.1 Å². The van der Waals surface area contributed by atoms with Gasteiger partial charge >= 0.3 is 0 Å². The van der Waals surface area contributed by atoms with Crippen LogP contribution in [-0.4, -0.2) is 51.4 Å². The molecule has 0 atom stereocenters. The number of pyridine rings is 1. The van der Waals surface area contributed by atoms with Gasteiger partial charge in [-0.1, -0.05) is 48.5 Å². The molecule has 1 aliphatic rings. The van der Waals surface area contributed by atoms with Gasteiger partial charge in [0.2, 0.25) is 0 Å². The Morgan fingerprint density at radius 2 is 1.66 bits per heavy atom. The second kappa shape index (κ2) is 9.45. The summed E-state index contributed by atoms with van der Waals surface area (Å²) in [6, 6.07) is 27.7. The number of ether oxygens (including phenoxy) is 1. The number of aromatic nitrogens is 4. The quantitative estimate of drug-likeness (QED) is 0.276. The Labute approximate surface area is 220 Å². The monoisotopic (exact) mass is 500 g/mol. The molecule has 1 fully saturated rings. The van der Waals surface area contributed by atoms with Crippen LogP contribution in [0.2, 0.25) is 0 Å². The first kappa shape index (κ1) is 22.7. The van der Waals surface area contributed by atoms with E-state index in [9.17, 15) is 0 Å². The minimum Gasteiger partial charge on any atom is -0.382 e. The first-order valence-corrected chi connectivity index (χ1v) is 12.9. The van der Waals surface area contributed by atoms with E-state index in [1.54, 1.807) is 0 Å². The summed E-state index contributed by atoms with van der Waals surface area (Å²) in [6.07, 6.45) is 1.86. The van der Waals surface area contributed by atoms with Gasteiger partial charge in [-0.2, -0.15) is 5.10 Å². The molecule has 7 heteroatoms. The fourth-order valence-electron chi connectivity index (χ4n) is 5.43. The third-order valence-corrected chi connectivity index (χ3v) is 7.38. The van der Waals surface area contributed by atoms with Crippen molar-refractivity contribution in [3.63, 3.8) is 0 Å². The van der Waals surface area contributed by atoms with Crippen LogP contribution in [0.1, 0.15) is 5.56 Å². The van der Waals surface area contributed by atoms with Crippen LogP contribution in [0, 0.1) is 0 Å². The standard InChI is InChI=1S/C31H28N6O/c32-30-27-17-23(16-25(29(27)35-36-30)21-6-2-1-3-7-21)24-9-10-33-31-26(24)18-28(34-31)22-8-4-5-20(15-22)19-37-11-13-38-14-12-37/h1-10,15-18H,11-14,19H2,(H,33,34)(H3,32,35,36). The molecule has 0 unspecified atom stereocenters. The minimum atomic E-state index is 0.496. The number of nitrogens with one attached hydrogen (secondary N) is 2. The summed E-state index contributed by atoms with van der Waals surface area (Å²) >= 11 is 0. The number of fused-ring (bicyclic) bond motifs is 2. The number of anilines is 1. The highest BCUT2D eigenvalue weighted by Crippen LogP contribution is 2.38.